The molecule has 0 fully saturated rings. The van der Waals surface area contributed by atoms with E-state index in [4.69, 9.17) is 14.0 Å². The Bertz CT molecular complexity index is 1330. The van der Waals surface area contributed by atoms with Gasteiger partial charge in [-0.3, -0.25) is 9.59 Å². The number of carbonyl (C=O) groups is 2. The number of hydrogen-bond acceptors (Lipinski definition) is 7. The summed E-state index contributed by atoms with van der Waals surface area (Å²) < 4.78 is 16.5. The van der Waals surface area contributed by atoms with Crippen LogP contribution in [0.25, 0.3) is 22.8 Å². The predicted molar refractivity (Wildman–Crippen MR) is 131 cm³/mol. The summed E-state index contributed by atoms with van der Waals surface area (Å²) >= 11 is 0. The third-order valence-corrected chi connectivity index (χ3v) is 4.99. The maximum Gasteiger partial charge on any atom is 0.262 e. The Balaban J connectivity index is 1.39. The van der Waals surface area contributed by atoms with Crippen LogP contribution in [0.15, 0.2) is 71.3 Å². The standard InChI is InChI=1S/C26H24N4O5/c1-16-4-6-18(7-5-16)26-29-25(30-35-26)19-8-13-22(23(14-19)33-3)34-15-24(32)28-21-11-9-20(10-12-21)27-17(2)31/h4-14H,15H2,1-3H3,(H,27,31)(H,28,32). The van der Waals surface area contributed by atoms with Gasteiger partial charge >= 0.3 is 0 Å². The van der Waals surface area contributed by atoms with Crippen molar-refractivity contribution in [2.24, 2.45) is 0 Å². The second-order valence-electron chi connectivity index (χ2n) is 7.75. The van der Waals surface area contributed by atoms with E-state index in [1.54, 1.807) is 42.5 Å². The maximum atomic E-state index is 12.3. The number of nitrogens with one attached hydrogen (secondary N) is 2. The molecule has 4 aromatic rings. The van der Waals surface area contributed by atoms with Crippen LogP contribution in [-0.4, -0.2) is 35.7 Å². The molecule has 0 saturated heterocycles. The van der Waals surface area contributed by atoms with E-state index in [0.717, 1.165) is 11.1 Å². The van der Waals surface area contributed by atoms with Crippen LogP contribution in [0.2, 0.25) is 0 Å². The van der Waals surface area contributed by atoms with Gasteiger partial charge in [-0.2, -0.15) is 4.98 Å². The third-order valence-electron chi connectivity index (χ3n) is 4.99. The minimum Gasteiger partial charge on any atom is -0.493 e. The normalized spacial score (nSPS) is 10.5. The van der Waals surface area contributed by atoms with E-state index in [0.29, 0.717) is 40.2 Å². The van der Waals surface area contributed by atoms with Crippen LogP contribution in [0.1, 0.15) is 12.5 Å². The molecule has 2 amide bonds. The van der Waals surface area contributed by atoms with Crippen molar-refractivity contribution in [3.8, 4) is 34.3 Å². The van der Waals surface area contributed by atoms with Crippen LogP contribution in [-0.2, 0) is 9.59 Å². The zero-order valence-electron chi connectivity index (χ0n) is 19.5. The highest BCUT2D eigenvalue weighted by Gasteiger charge is 2.14. The Morgan fingerprint density at radius 1 is 0.886 bits per heavy atom. The fourth-order valence-corrected chi connectivity index (χ4v) is 3.26. The summed E-state index contributed by atoms with van der Waals surface area (Å²) in [7, 11) is 1.51. The molecule has 0 saturated carbocycles. The fraction of sp³-hybridized carbons (Fsp3) is 0.154. The number of aryl methyl sites for hydroxylation is 1. The first kappa shape index (κ1) is 23.5. The molecular formula is C26H24N4O5. The van der Waals surface area contributed by atoms with Gasteiger partial charge in [0.25, 0.3) is 11.8 Å². The number of amides is 2. The summed E-state index contributed by atoms with van der Waals surface area (Å²) in [5, 5.41) is 9.47. The molecule has 0 atom stereocenters. The van der Waals surface area contributed by atoms with Crippen molar-refractivity contribution in [3.63, 3.8) is 0 Å². The molecule has 0 radical (unpaired) electrons. The fourth-order valence-electron chi connectivity index (χ4n) is 3.26. The van der Waals surface area contributed by atoms with E-state index >= 15 is 0 Å². The monoisotopic (exact) mass is 472 g/mol. The van der Waals surface area contributed by atoms with Gasteiger partial charge in [-0.25, -0.2) is 0 Å². The largest absolute Gasteiger partial charge is 0.493 e. The van der Waals surface area contributed by atoms with Gasteiger partial charge in [0.15, 0.2) is 18.1 Å². The Hall–Kier alpha value is -4.66. The number of ether oxygens (including phenoxy) is 2. The lowest BCUT2D eigenvalue weighted by Crippen LogP contribution is -2.20. The number of aromatic nitrogens is 2. The van der Waals surface area contributed by atoms with E-state index in [-0.39, 0.29) is 18.4 Å². The third kappa shape index (κ3) is 6.02. The van der Waals surface area contributed by atoms with Gasteiger partial charge in [-0.15, -0.1) is 0 Å². The zero-order chi connectivity index (χ0) is 24.8. The van der Waals surface area contributed by atoms with Gasteiger partial charge in [0, 0.05) is 29.4 Å². The maximum absolute atomic E-state index is 12.3. The number of methoxy groups -OCH3 is 1. The Morgan fingerprint density at radius 2 is 1.54 bits per heavy atom. The lowest BCUT2D eigenvalue weighted by molar-refractivity contribution is -0.118. The van der Waals surface area contributed by atoms with Crippen molar-refractivity contribution in [1.82, 2.24) is 10.1 Å². The average molecular weight is 473 g/mol. The molecule has 0 unspecified atom stereocenters. The van der Waals surface area contributed by atoms with E-state index in [1.165, 1.54) is 14.0 Å². The van der Waals surface area contributed by atoms with Crippen molar-refractivity contribution in [2.75, 3.05) is 24.4 Å². The summed E-state index contributed by atoms with van der Waals surface area (Å²) in [5.74, 6) is 1.14. The van der Waals surface area contributed by atoms with Gasteiger partial charge in [0.05, 0.1) is 7.11 Å². The molecular weight excluding hydrogens is 448 g/mol. The van der Waals surface area contributed by atoms with E-state index < -0.39 is 0 Å². The number of hydrogen-bond donors (Lipinski definition) is 2. The summed E-state index contributed by atoms with van der Waals surface area (Å²) in [5.41, 5.74) is 3.88. The van der Waals surface area contributed by atoms with Crippen LogP contribution in [0.5, 0.6) is 11.5 Å². The summed E-state index contributed by atoms with van der Waals surface area (Å²) in [6.07, 6.45) is 0. The molecule has 9 heteroatoms. The molecule has 4 rings (SSSR count). The number of benzene rings is 3. The van der Waals surface area contributed by atoms with Crippen LogP contribution < -0.4 is 20.1 Å². The SMILES string of the molecule is COc1cc(-c2noc(-c3ccc(C)cc3)n2)ccc1OCC(=O)Nc1ccc(NC(C)=O)cc1. The molecule has 0 spiro atoms. The molecule has 35 heavy (non-hydrogen) atoms. The van der Waals surface area contributed by atoms with Gasteiger partial charge in [0.2, 0.25) is 11.7 Å². The molecule has 0 aliphatic carbocycles. The van der Waals surface area contributed by atoms with Gasteiger partial charge < -0.3 is 24.6 Å². The van der Waals surface area contributed by atoms with Crippen molar-refractivity contribution in [3.05, 3.63) is 72.3 Å². The minimum atomic E-state index is -0.343. The number of nitrogens with zero attached hydrogens (tertiary/aromatic N) is 2. The molecule has 1 aromatic heterocycles. The lowest BCUT2D eigenvalue weighted by atomic mass is 10.1. The highest BCUT2D eigenvalue weighted by Crippen LogP contribution is 2.32. The van der Waals surface area contributed by atoms with Crippen LogP contribution in [0.3, 0.4) is 0 Å². The molecule has 2 N–H and O–H groups in total. The number of rotatable bonds is 8. The van der Waals surface area contributed by atoms with E-state index in [9.17, 15) is 9.59 Å². The van der Waals surface area contributed by atoms with Crippen molar-refractivity contribution < 1.29 is 23.6 Å². The first-order valence-electron chi connectivity index (χ1n) is 10.8. The Morgan fingerprint density at radius 3 is 2.20 bits per heavy atom. The molecule has 0 aliphatic rings. The summed E-state index contributed by atoms with van der Waals surface area (Å²) in [4.78, 5) is 27.9. The number of anilines is 2. The van der Waals surface area contributed by atoms with Crippen molar-refractivity contribution in [2.45, 2.75) is 13.8 Å². The lowest BCUT2D eigenvalue weighted by Gasteiger charge is -2.12. The predicted octanol–water partition coefficient (Wildman–Crippen LogP) is 4.70. The number of carbonyl (C=O) groups excluding carboxylic acids is 2. The summed E-state index contributed by atoms with van der Waals surface area (Å²) in [6, 6.07) is 19.7. The Kier molecular flexibility index (Phi) is 7.06. The topological polar surface area (TPSA) is 116 Å². The average Bonchev–Trinajstić information content (AvgIpc) is 3.34. The van der Waals surface area contributed by atoms with Gasteiger partial charge in [-0.1, -0.05) is 22.9 Å². The smallest absolute Gasteiger partial charge is 0.262 e. The molecule has 178 valence electrons. The van der Waals surface area contributed by atoms with E-state index in [2.05, 4.69) is 20.8 Å². The van der Waals surface area contributed by atoms with Crippen LogP contribution >= 0.6 is 0 Å². The first-order valence-corrected chi connectivity index (χ1v) is 10.8. The zero-order valence-corrected chi connectivity index (χ0v) is 19.5. The van der Waals surface area contributed by atoms with Crippen molar-refractivity contribution in [1.29, 1.82) is 0 Å². The highest BCUT2D eigenvalue weighted by molar-refractivity contribution is 5.93. The Labute approximate surface area is 202 Å². The highest BCUT2D eigenvalue weighted by atomic mass is 16.5. The molecule has 9 nitrogen and oxygen atoms in total. The van der Waals surface area contributed by atoms with Crippen LogP contribution in [0, 0.1) is 6.92 Å². The second kappa shape index (κ2) is 10.5. The molecule has 3 aromatic carbocycles. The minimum absolute atomic E-state index is 0.166. The molecule has 0 bridgehead atoms. The van der Waals surface area contributed by atoms with Gasteiger partial charge in [0.1, 0.15) is 0 Å². The van der Waals surface area contributed by atoms with Gasteiger partial charge in [-0.05, 0) is 61.5 Å². The van der Waals surface area contributed by atoms with E-state index in [1.807, 2.05) is 31.2 Å². The molecule has 1 heterocycles. The quantitative estimate of drug-likeness (QED) is 0.382. The summed E-state index contributed by atoms with van der Waals surface area (Å²) in [6.45, 7) is 3.22. The molecule has 0 aliphatic heterocycles. The second-order valence-corrected chi connectivity index (χ2v) is 7.75. The first-order chi connectivity index (χ1) is 16.9. The van der Waals surface area contributed by atoms with Crippen LogP contribution in [0.4, 0.5) is 11.4 Å². The van der Waals surface area contributed by atoms with Crippen molar-refractivity contribution >= 4 is 23.2 Å².